The van der Waals surface area contributed by atoms with Gasteiger partial charge in [-0.2, -0.15) is 0 Å². The lowest BCUT2D eigenvalue weighted by atomic mass is 9.90. The molecule has 1 aliphatic rings. The second-order valence-corrected chi connectivity index (χ2v) is 6.71. The van der Waals surface area contributed by atoms with Gasteiger partial charge in [-0.25, -0.2) is 0 Å². The van der Waals surface area contributed by atoms with Gasteiger partial charge in [-0.3, -0.25) is 4.99 Å². The summed E-state index contributed by atoms with van der Waals surface area (Å²) in [5.74, 6) is 0.489. The number of allylic oxidation sites excluding steroid dienone is 1. The first-order chi connectivity index (χ1) is 10.8. The fraction of sp³-hybridized carbons (Fsp3) is 0.316. The summed E-state index contributed by atoms with van der Waals surface area (Å²) in [6, 6.07) is 11.7. The van der Waals surface area contributed by atoms with Crippen molar-refractivity contribution in [2.24, 2.45) is 4.99 Å². The van der Waals surface area contributed by atoms with Crippen LogP contribution in [-0.2, 0) is 9.47 Å². The number of fused-ring (bicyclic) bond motifs is 1. The van der Waals surface area contributed by atoms with E-state index in [0.29, 0.717) is 5.95 Å². The first kappa shape index (κ1) is 15.4. The van der Waals surface area contributed by atoms with Gasteiger partial charge in [0.25, 0.3) is 5.95 Å². The quantitative estimate of drug-likeness (QED) is 0.653. The number of rotatable bonds is 2. The molecule has 4 heteroatoms. The van der Waals surface area contributed by atoms with Crippen LogP contribution in [0.25, 0.3) is 10.8 Å². The van der Waals surface area contributed by atoms with Crippen LogP contribution in [0.15, 0.2) is 53.4 Å². The highest BCUT2D eigenvalue weighted by atomic mass is 16.7. The van der Waals surface area contributed by atoms with Crippen molar-refractivity contribution in [3.63, 3.8) is 0 Å². The lowest BCUT2D eigenvalue weighted by Gasteiger charge is -2.28. The van der Waals surface area contributed by atoms with Crippen molar-refractivity contribution in [1.29, 1.82) is 0 Å². The molecule has 1 aliphatic heterocycles. The molecule has 2 aromatic rings. The largest absolute Gasteiger partial charge is 0.455 e. The number of hydrogen-bond donors (Lipinski definition) is 1. The number of ether oxygens (including phenoxy) is 2. The maximum Gasteiger partial charge on any atom is 0.282 e. The number of benzene rings is 2. The summed E-state index contributed by atoms with van der Waals surface area (Å²) in [7, 11) is 0. The molecule has 0 unspecified atom stereocenters. The molecule has 2 N–H and O–H groups in total. The molecular formula is C19H22N2O2. The van der Waals surface area contributed by atoms with Crippen LogP contribution >= 0.6 is 0 Å². The standard InChI is InChI=1S/C19H22N2O2/c1-18(2)19(3,4)23-17(22-18)11-12-21-16-10-6-7-13-14(16)8-5-9-15(13)20/h5-12H,20H2,1-4H3. The van der Waals surface area contributed by atoms with Gasteiger partial charge in [-0.1, -0.05) is 24.3 Å². The van der Waals surface area contributed by atoms with Gasteiger partial charge in [0.1, 0.15) is 11.2 Å². The molecule has 3 rings (SSSR count). The van der Waals surface area contributed by atoms with E-state index >= 15 is 0 Å². The Bertz CT molecular complexity index is 786. The predicted molar refractivity (Wildman–Crippen MR) is 94.9 cm³/mol. The van der Waals surface area contributed by atoms with Gasteiger partial charge in [0.15, 0.2) is 0 Å². The molecule has 1 fully saturated rings. The molecule has 23 heavy (non-hydrogen) atoms. The molecular weight excluding hydrogens is 288 g/mol. The molecule has 120 valence electrons. The second-order valence-electron chi connectivity index (χ2n) is 6.71. The van der Waals surface area contributed by atoms with E-state index in [9.17, 15) is 0 Å². The minimum Gasteiger partial charge on any atom is -0.455 e. The van der Waals surface area contributed by atoms with E-state index in [0.717, 1.165) is 22.1 Å². The Morgan fingerprint density at radius 3 is 2.22 bits per heavy atom. The van der Waals surface area contributed by atoms with E-state index in [1.54, 1.807) is 12.3 Å². The van der Waals surface area contributed by atoms with Crippen LogP contribution in [0.5, 0.6) is 0 Å². The Kier molecular flexibility index (Phi) is 3.55. The van der Waals surface area contributed by atoms with E-state index < -0.39 is 0 Å². The van der Waals surface area contributed by atoms with Gasteiger partial charge in [-0.15, -0.1) is 0 Å². The number of nitrogen functional groups attached to an aromatic ring is 1. The molecule has 0 radical (unpaired) electrons. The van der Waals surface area contributed by atoms with Gasteiger partial charge >= 0.3 is 0 Å². The van der Waals surface area contributed by atoms with E-state index in [1.165, 1.54) is 0 Å². The average Bonchev–Trinajstić information content (AvgIpc) is 2.67. The lowest BCUT2D eigenvalue weighted by molar-refractivity contribution is 0.00578. The van der Waals surface area contributed by atoms with Crippen LogP contribution in [0, 0.1) is 0 Å². The molecule has 0 spiro atoms. The summed E-state index contributed by atoms with van der Waals surface area (Å²) >= 11 is 0. The summed E-state index contributed by atoms with van der Waals surface area (Å²) in [5.41, 5.74) is 6.88. The van der Waals surface area contributed by atoms with Crippen LogP contribution in [0.4, 0.5) is 11.4 Å². The van der Waals surface area contributed by atoms with Crippen LogP contribution in [0.3, 0.4) is 0 Å². The Morgan fingerprint density at radius 2 is 1.52 bits per heavy atom. The zero-order valence-electron chi connectivity index (χ0n) is 14.0. The molecule has 0 atom stereocenters. The van der Waals surface area contributed by atoms with Crippen molar-refractivity contribution < 1.29 is 9.47 Å². The Labute approximate surface area is 136 Å². The van der Waals surface area contributed by atoms with Gasteiger partial charge in [0, 0.05) is 28.8 Å². The predicted octanol–water partition coefficient (Wildman–Crippen LogP) is 4.57. The summed E-state index contributed by atoms with van der Waals surface area (Å²) in [5, 5.41) is 2.03. The average molecular weight is 310 g/mol. The molecule has 0 amide bonds. The maximum atomic E-state index is 6.01. The van der Waals surface area contributed by atoms with Crippen LogP contribution in [0.2, 0.25) is 0 Å². The van der Waals surface area contributed by atoms with Crippen LogP contribution in [0.1, 0.15) is 27.7 Å². The third-order valence-corrected chi connectivity index (χ3v) is 4.52. The molecule has 0 saturated carbocycles. The number of nitrogens with two attached hydrogens (primary N) is 1. The molecule has 2 aromatic carbocycles. The molecule has 0 bridgehead atoms. The highest BCUT2D eigenvalue weighted by Crippen LogP contribution is 2.39. The number of nitrogens with zero attached hydrogens (tertiary/aromatic N) is 1. The van der Waals surface area contributed by atoms with Crippen molar-refractivity contribution in [3.05, 3.63) is 48.4 Å². The molecule has 1 heterocycles. The molecule has 1 saturated heterocycles. The van der Waals surface area contributed by atoms with Crippen molar-refractivity contribution in [1.82, 2.24) is 0 Å². The number of aliphatic imine (C=N–C) groups is 1. The first-order valence-electron chi connectivity index (χ1n) is 7.70. The lowest BCUT2D eigenvalue weighted by Crippen LogP contribution is -2.41. The normalized spacial score (nSPS) is 18.9. The summed E-state index contributed by atoms with van der Waals surface area (Å²) in [4.78, 5) is 4.52. The maximum absolute atomic E-state index is 6.01. The molecule has 0 aromatic heterocycles. The van der Waals surface area contributed by atoms with E-state index in [4.69, 9.17) is 15.2 Å². The molecule has 0 aliphatic carbocycles. The summed E-state index contributed by atoms with van der Waals surface area (Å²) in [6.07, 6.45) is 3.45. The van der Waals surface area contributed by atoms with Crippen molar-refractivity contribution in [2.45, 2.75) is 38.9 Å². The Hall–Kier alpha value is -2.49. The Morgan fingerprint density at radius 1 is 0.913 bits per heavy atom. The Balaban J connectivity index is 1.88. The zero-order valence-corrected chi connectivity index (χ0v) is 14.0. The van der Waals surface area contributed by atoms with Gasteiger partial charge in [0.05, 0.1) is 5.69 Å². The van der Waals surface area contributed by atoms with E-state index in [1.807, 2.05) is 64.1 Å². The van der Waals surface area contributed by atoms with Gasteiger partial charge in [0.2, 0.25) is 0 Å². The van der Waals surface area contributed by atoms with Crippen molar-refractivity contribution in [2.75, 3.05) is 5.73 Å². The monoisotopic (exact) mass is 310 g/mol. The first-order valence-corrected chi connectivity index (χ1v) is 7.70. The minimum absolute atomic E-state index is 0.374. The molecule has 4 nitrogen and oxygen atoms in total. The van der Waals surface area contributed by atoms with Crippen molar-refractivity contribution in [3.8, 4) is 0 Å². The third-order valence-electron chi connectivity index (χ3n) is 4.52. The third kappa shape index (κ3) is 2.77. The van der Waals surface area contributed by atoms with Crippen LogP contribution < -0.4 is 5.73 Å². The SMILES string of the molecule is CC1(C)OC(=CC=Nc2cccc3c(N)cccc23)OC1(C)C. The van der Waals surface area contributed by atoms with E-state index in [2.05, 4.69) is 4.99 Å². The van der Waals surface area contributed by atoms with Crippen LogP contribution in [-0.4, -0.2) is 17.4 Å². The fourth-order valence-corrected chi connectivity index (χ4v) is 2.45. The number of anilines is 1. The summed E-state index contributed by atoms with van der Waals surface area (Å²) < 4.78 is 11.7. The zero-order chi connectivity index (χ0) is 16.7. The fourth-order valence-electron chi connectivity index (χ4n) is 2.45. The highest BCUT2D eigenvalue weighted by Gasteiger charge is 2.48. The van der Waals surface area contributed by atoms with Gasteiger partial charge < -0.3 is 15.2 Å². The van der Waals surface area contributed by atoms with Gasteiger partial charge in [-0.05, 0) is 39.8 Å². The minimum atomic E-state index is -0.374. The highest BCUT2D eigenvalue weighted by molar-refractivity contribution is 6.00. The van der Waals surface area contributed by atoms with E-state index in [-0.39, 0.29) is 11.2 Å². The second kappa shape index (κ2) is 5.30. The smallest absolute Gasteiger partial charge is 0.282 e. The van der Waals surface area contributed by atoms with Crippen molar-refractivity contribution >= 4 is 28.4 Å². The number of hydrogen-bond acceptors (Lipinski definition) is 4. The topological polar surface area (TPSA) is 56.8 Å². The summed E-state index contributed by atoms with van der Waals surface area (Å²) in [6.45, 7) is 8.05.